The second kappa shape index (κ2) is 17.2. The van der Waals surface area contributed by atoms with Crippen molar-refractivity contribution in [1.29, 1.82) is 0 Å². The van der Waals surface area contributed by atoms with Crippen LogP contribution in [0.4, 0.5) is 28.4 Å². The van der Waals surface area contributed by atoms with Crippen molar-refractivity contribution in [3.8, 4) is 27.9 Å². The normalized spacial score (nSPS) is 14.5. The first-order valence-corrected chi connectivity index (χ1v) is 30.6. The molecule has 6 heteroatoms. The first kappa shape index (κ1) is 51.9. The van der Waals surface area contributed by atoms with Gasteiger partial charge in [0.2, 0.25) is 0 Å². The van der Waals surface area contributed by atoms with Crippen LogP contribution in [0, 0.1) is 0 Å². The highest BCUT2D eigenvalue weighted by Crippen LogP contribution is 2.55. The van der Waals surface area contributed by atoms with Crippen molar-refractivity contribution < 1.29 is 8.83 Å². The van der Waals surface area contributed by atoms with E-state index in [1.54, 1.807) is 0 Å². The Kier molecular flexibility index (Phi) is 10.5. The lowest BCUT2D eigenvalue weighted by Gasteiger charge is -2.42. The van der Waals surface area contributed by atoms with Gasteiger partial charge in [-0.25, -0.2) is 0 Å². The molecule has 0 saturated carbocycles. The van der Waals surface area contributed by atoms with Crippen LogP contribution in [0.2, 0.25) is 0 Å². The van der Waals surface area contributed by atoms with E-state index in [0.29, 0.717) is 0 Å². The summed E-state index contributed by atoms with van der Waals surface area (Å²) in [4.78, 5) is 5.05. The molecule has 1 aliphatic carbocycles. The number of nitrogens with zero attached hydrogens (tertiary/aromatic N) is 3. The monoisotopic (exact) mass is 1110 g/mol. The zero-order valence-electron chi connectivity index (χ0n) is 51.6. The van der Waals surface area contributed by atoms with Crippen LogP contribution in [0.5, 0.6) is 0 Å². The Bertz CT molecular complexity index is 4940. The fourth-order valence-corrected chi connectivity index (χ4v) is 14.9. The SMILES string of the molecule is CC(C)(C)c1ccc(N2B3c4cc5c(cc4-n4c6ccc(C(C)(C)C)cc6c6c7c(oc8ccccc87)c(c3c64)-c3cc4c(cc32)oc2ccc(N(c3ccc(C(C)(C)C)cc3)c3ccc(C(C)(C)C)cc3)cc24)-c2ccccc2C5(C)C)cc1. The summed E-state index contributed by atoms with van der Waals surface area (Å²) in [6.07, 6.45) is 0. The van der Waals surface area contributed by atoms with Crippen LogP contribution in [-0.2, 0) is 27.1 Å². The molecule has 0 spiro atoms. The Hall–Kier alpha value is -8.74. The Morgan fingerprint density at radius 2 is 1.00 bits per heavy atom. The molecule has 5 nitrogen and oxygen atoms in total. The lowest BCUT2D eigenvalue weighted by molar-refractivity contribution is 0.590. The Morgan fingerprint density at radius 3 is 1.66 bits per heavy atom. The highest BCUT2D eigenvalue weighted by molar-refractivity contribution is 6.94. The van der Waals surface area contributed by atoms with Crippen LogP contribution < -0.4 is 20.6 Å². The average Bonchev–Trinajstić information content (AvgIpc) is 1.59. The number of rotatable bonds is 4. The molecule has 0 amide bonds. The predicted octanol–water partition coefficient (Wildman–Crippen LogP) is 20.8. The Labute approximate surface area is 499 Å². The summed E-state index contributed by atoms with van der Waals surface area (Å²) in [5.41, 5.74) is 27.7. The molecule has 0 radical (unpaired) electrons. The van der Waals surface area contributed by atoms with E-state index in [9.17, 15) is 0 Å². The summed E-state index contributed by atoms with van der Waals surface area (Å²) in [6.45, 7) is 32.2. The molecule has 0 bridgehead atoms. The van der Waals surface area contributed by atoms with Gasteiger partial charge in [0.05, 0.1) is 11.0 Å². The first-order valence-electron chi connectivity index (χ1n) is 30.6. The summed E-state index contributed by atoms with van der Waals surface area (Å²) in [5.74, 6) is 0. The average molecular weight is 1110 g/mol. The molecule has 5 heterocycles. The van der Waals surface area contributed by atoms with Gasteiger partial charge in [0.1, 0.15) is 22.3 Å². The highest BCUT2D eigenvalue weighted by Gasteiger charge is 2.48. The quantitative estimate of drug-likeness (QED) is 0.165. The van der Waals surface area contributed by atoms with Crippen LogP contribution in [0.3, 0.4) is 0 Å². The van der Waals surface area contributed by atoms with Crippen molar-refractivity contribution in [2.45, 2.75) is 124 Å². The van der Waals surface area contributed by atoms with Gasteiger partial charge in [-0.15, -0.1) is 0 Å². The van der Waals surface area contributed by atoms with E-state index in [2.05, 4.69) is 293 Å². The van der Waals surface area contributed by atoms with Crippen molar-refractivity contribution in [2.75, 3.05) is 9.71 Å². The lowest BCUT2D eigenvalue weighted by atomic mass is 9.43. The molecule has 0 N–H and O–H groups in total. The highest BCUT2D eigenvalue weighted by atomic mass is 16.3. The van der Waals surface area contributed by atoms with Crippen molar-refractivity contribution >= 4 is 112 Å². The van der Waals surface area contributed by atoms with Gasteiger partial charge in [0.15, 0.2) is 0 Å². The van der Waals surface area contributed by atoms with E-state index < -0.39 is 0 Å². The largest absolute Gasteiger partial charge is 0.456 e. The molecule has 85 heavy (non-hydrogen) atoms. The van der Waals surface area contributed by atoms with Gasteiger partial charge in [-0.2, -0.15) is 0 Å². The van der Waals surface area contributed by atoms with Gasteiger partial charge in [0, 0.05) is 89.0 Å². The smallest absolute Gasteiger partial charge is 0.333 e. The van der Waals surface area contributed by atoms with E-state index in [1.165, 1.54) is 82.9 Å². The third-order valence-corrected chi connectivity index (χ3v) is 19.6. The molecule has 10 aromatic carbocycles. The van der Waals surface area contributed by atoms with Gasteiger partial charge in [-0.1, -0.05) is 188 Å². The molecule has 3 aromatic heterocycles. The molecule has 0 atom stereocenters. The molecule has 418 valence electrons. The number of furan rings is 2. The fraction of sp³-hybridized carbons (Fsp3) is 0.241. The molecule has 0 fully saturated rings. The number of aromatic nitrogens is 1. The predicted molar refractivity (Wildman–Crippen MR) is 361 cm³/mol. The topological polar surface area (TPSA) is 37.7 Å². The van der Waals surface area contributed by atoms with Gasteiger partial charge in [-0.3, -0.25) is 0 Å². The zero-order valence-corrected chi connectivity index (χ0v) is 51.6. The summed E-state index contributed by atoms with van der Waals surface area (Å²) >= 11 is 0. The van der Waals surface area contributed by atoms with Gasteiger partial charge < -0.3 is 23.1 Å². The van der Waals surface area contributed by atoms with E-state index in [4.69, 9.17) is 8.83 Å². The third kappa shape index (κ3) is 7.42. The summed E-state index contributed by atoms with van der Waals surface area (Å²) in [6, 6.07) is 69.5. The van der Waals surface area contributed by atoms with Crippen LogP contribution in [0.25, 0.3) is 93.6 Å². The van der Waals surface area contributed by atoms with Crippen molar-refractivity contribution in [1.82, 2.24) is 4.57 Å². The minimum atomic E-state index is -0.252. The third-order valence-electron chi connectivity index (χ3n) is 19.6. The molecule has 3 aliphatic rings. The Morgan fingerprint density at radius 1 is 0.424 bits per heavy atom. The number of hydrogen-bond acceptors (Lipinski definition) is 4. The summed E-state index contributed by atoms with van der Waals surface area (Å²) < 4.78 is 17.3. The van der Waals surface area contributed by atoms with Crippen LogP contribution in [0.1, 0.15) is 130 Å². The van der Waals surface area contributed by atoms with Crippen LogP contribution >= 0.6 is 0 Å². The van der Waals surface area contributed by atoms with Gasteiger partial charge in [0.25, 0.3) is 0 Å². The number of hydrogen-bond donors (Lipinski definition) is 0. The molecule has 0 unspecified atom stereocenters. The molecule has 2 aliphatic heterocycles. The first-order chi connectivity index (χ1) is 40.4. The number of benzene rings is 10. The summed E-state index contributed by atoms with van der Waals surface area (Å²) in [7, 11) is 0. The maximum Gasteiger partial charge on any atom is 0.333 e. The fourth-order valence-electron chi connectivity index (χ4n) is 14.9. The van der Waals surface area contributed by atoms with Crippen molar-refractivity contribution in [3.63, 3.8) is 0 Å². The minimum Gasteiger partial charge on any atom is -0.456 e. The molecular weight excluding hydrogens is 1030 g/mol. The number of fused-ring (bicyclic) bond motifs is 19. The zero-order chi connectivity index (χ0) is 58.8. The molecule has 0 saturated heterocycles. The standard InChI is InChI=1S/C79H72BN3O2/c1-75(2,3)45-23-30-49(31-24-45)81(50-32-25-46(26-33-50)76(4,5)6)52-36-38-67-56(40-52)57-41-59-64(44-68(57)84-67)83(51-34-27-47(28-35-51)77(7,8)9)80-62-43-61-55(53-19-15-17-21-60(53)79(61,13)14)42-65(62)82-63-37-29-48(78(10,11)12)39-58(63)69-70-54-20-16-18-22-66(54)85-74(70)71(59)72(80)73(69)82/h15-44H,1-14H3. The van der Waals surface area contributed by atoms with E-state index >= 15 is 0 Å². The molecule has 16 rings (SSSR count). The van der Waals surface area contributed by atoms with Gasteiger partial charge >= 0.3 is 6.85 Å². The number of para-hydroxylation sites is 1. The van der Waals surface area contributed by atoms with E-state index in [1.807, 2.05) is 0 Å². The maximum atomic E-state index is 7.51. The Balaban J connectivity index is 1.03. The molecule has 13 aromatic rings. The van der Waals surface area contributed by atoms with Crippen LogP contribution in [0.15, 0.2) is 191 Å². The van der Waals surface area contributed by atoms with Crippen molar-refractivity contribution in [3.05, 3.63) is 215 Å². The second-order valence-corrected chi connectivity index (χ2v) is 29.4. The van der Waals surface area contributed by atoms with Crippen molar-refractivity contribution in [2.24, 2.45) is 0 Å². The van der Waals surface area contributed by atoms with E-state index in [0.717, 1.165) is 83.4 Å². The minimum absolute atomic E-state index is 0.0210. The van der Waals surface area contributed by atoms with E-state index in [-0.39, 0.29) is 33.9 Å². The van der Waals surface area contributed by atoms with Gasteiger partial charge in [-0.05, 0) is 162 Å². The van der Waals surface area contributed by atoms with Crippen LogP contribution in [-0.4, -0.2) is 11.4 Å². The maximum absolute atomic E-state index is 7.51. The lowest BCUT2D eigenvalue weighted by Crippen LogP contribution is -2.60. The second-order valence-electron chi connectivity index (χ2n) is 29.4. The number of anilines is 5. The molecular formula is C79H72BN3O2. The summed E-state index contributed by atoms with van der Waals surface area (Å²) in [5, 5.41) is 6.89.